The first-order valence-corrected chi connectivity index (χ1v) is 9.83. The van der Waals surface area contributed by atoms with Gasteiger partial charge in [-0.05, 0) is 43.0 Å². The lowest BCUT2D eigenvalue weighted by Crippen LogP contribution is -2.32. The Morgan fingerprint density at radius 2 is 1.79 bits per heavy atom. The molecule has 0 radical (unpaired) electrons. The van der Waals surface area contributed by atoms with E-state index >= 15 is 0 Å². The number of benzene rings is 3. The van der Waals surface area contributed by atoms with Crippen LogP contribution in [0.1, 0.15) is 30.6 Å². The van der Waals surface area contributed by atoms with Gasteiger partial charge in [0.15, 0.2) is 6.10 Å². The minimum absolute atomic E-state index is 0.254. The van der Waals surface area contributed by atoms with Crippen molar-refractivity contribution in [1.29, 1.82) is 0 Å². The summed E-state index contributed by atoms with van der Waals surface area (Å²) in [6.07, 6.45) is -0.213. The van der Waals surface area contributed by atoms with Gasteiger partial charge in [-0.3, -0.25) is 4.79 Å². The van der Waals surface area contributed by atoms with E-state index in [2.05, 4.69) is 5.32 Å². The lowest BCUT2D eigenvalue weighted by Gasteiger charge is -2.19. The lowest BCUT2D eigenvalue weighted by molar-refractivity contribution is -0.122. The summed E-state index contributed by atoms with van der Waals surface area (Å²) in [4.78, 5) is 24.6. The highest BCUT2D eigenvalue weighted by molar-refractivity contribution is 6.34. The Balaban J connectivity index is 1.75. The molecule has 3 aromatic rings. The number of rotatable bonds is 7. The molecule has 0 aromatic heterocycles. The van der Waals surface area contributed by atoms with E-state index in [4.69, 9.17) is 21.1 Å². The fourth-order valence-electron chi connectivity index (χ4n) is 2.95. The monoisotopic (exact) mass is 411 g/mol. The van der Waals surface area contributed by atoms with Gasteiger partial charge < -0.3 is 14.8 Å². The van der Waals surface area contributed by atoms with E-state index in [1.54, 1.807) is 19.1 Å². The first-order chi connectivity index (χ1) is 14.0. The van der Waals surface area contributed by atoms with Crippen LogP contribution >= 0.6 is 11.6 Å². The van der Waals surface area contributed by atoms with Gasteiger partial charge >= 0.3 is 5.97 Å². The molecule has 0 spiro atoms. The number of fused-ring (bicyclic) bond motifs is 1. The van der Waals surface area contributed by atoms with Crippen LogP contribution in [0, 0.1) is 0 Å². The summed E-state index contributed by atoms with van der Waals surface area (Å²) in [5.74, 6) is -0.127. The average Bonchev–Trinajstić information content (AvgIpc) is 2.73. The van der Waals surface area contributed by atoms with Crippen molar-refractivity contribution in [3.63, 3.8) is 0 Å². The molecule has 1 unspecified atom stereocenters. The SMILES string of the molecule is CCOC(=O)c1ccc(NC(=O)C(CC)Oc2cccc3ccccc23)c(Cl)c1. The van der Waals surface area contributed by atoms with Crippen LogP contribution in [0.3, 0.4) is 0 Å². The van der Waals surface area contributed by atoms with Crippen molar-refractivity contribution in [2.24, 2.45) is 0 Å². The second-order valence-corrected chi connectivity index (χ2v) is 6.80. The quantitative estimate of drug-likeness (QED) is 0.524. The van der Waals surface area contributed by atoms with Gasteiger partial charge in [0.25, 0.3) is 5.91 Å². The number of hydrogen-bond acceptors (Lipinski definition) is 4. The first-order valence-electron chi connectivity index (χ1n) is 9.45. The number of esters is 1. The van der Waals surface area contributed by atoms with Crippen LogP contribution in [0.4, 0.5) is 5.69 Å². The third-order valence-corrected chi connectivity index (χ3v) is 4.73. The zero-order chi connectivity index (χ0) is 20.8. The second-order valence-electron chi connectivity index (χ2n) is 6.40. The zero-order valence-corrected chi connectivity index (χ0v) is 17.0. The minimum atomic E-state index is -0.693. The standard InChI is InChI=1S/C23H22ClNO4/c1-3-20(29-21-11-7-9-15-8-5-6-10-17(15)21)22(26)25-19-13-12-16(14-18(19)24)23(27)28-4-2/h5-14,20H,3-4H2,1-2H3,(H,25,26). The number of halogens is 1. The maximum absolute atomic E-state index is 12.8. The Labute approximate surface area is 174 Å². The first kappa shape index (κ1) is 20.7. The summed E-state index contributed by atoms with van der Waals surface area (Å²) in [5.41, 5.74) is 0.735. The van der Waals surface area contributed by atoms with Crippen molar-refractivity contribution in [3.8, 4) is 5.75 Å². The van der Waals surface area contributed by atoms with Crippen LogP contribution < -0.4 is 10.1 Å². The molecule has 3 rings (SSSR count). The van der Waals surface area contributed by atoms with Gasteiger partial charge in [-0.2, -0.15) is 0 Å². The third kappa shape index (κ3) is 4.87. The molecular formula is C23H22ClNO4. The fourth-order valence-corrected chi connectivity index (χ4v) is 3.17. The van der Waals surface area contributed by atoms with Crippen LogP contribution in [-0.4, -0.2) is 24.6 Å². The molecule has 1 atom stereocenters. The molecule has 0 fully saturated rings. The van der Waals surface area contributed by atoms with E-state index in [0.29, 0.717) is 23.4 Å². The summed E-state index contributed by atoms with van der Waals surface area (Å²) in [6.45, 7) is 3.88. The third-order valence-electron chi connectivity index (χ3n) is 4.42. The molecule has 0 heterocycles. The van der Waals surface area contributed by atoms with Gasteiger partial charge in [0.2, 0.25) is 0 Å². The summed E-state index contributed by atoms with van der Waals surface area (Å²) in [5, 5.41) is 5.02. The molecule has 0 aliphatic heterocycles. The zero-order valence-electron chi connectivity index (χ0n) is 16.3. The number of ether oxygens (including phenoxy) is 2. The smallest absolute Gasteiger partial charge is 0.338 e. The molecule has 0 aliphatic carbocycles. The topological polar surface area (TPSA) is 64.6 Å². The highest BCUT2D eigenvalue weighted by Gasteiger charge is 2.21. The number of carbonyl (C=O) groups excluding carboxylic acids is 2. The molecule has 29 heavy (non-hydrogen) atoms. The van der Waals surface area contributed by atoms with Crippen molar-refractivity contribution in [3.05, 3.63) is 71.2 Å². The summed E-state index contributed by atoms with van der Waals surface area (Å²) < 4.78 is 11.0. The van der Waals surface area contributed by atoms with Crippen molar-refractivity contribution in [2.75, 3.05) is 11.9 Å². The molecule has 150 valence electrons. The van der Waals surface area contributed by atoms with Crippen molar-refractivity contribution in [1.82, 2.24) is 0 Å². The van der Waals surface area contributed by atoms with Crippen molar-refractivity contribution in [2.45, 2.75) is 26.4 Å². The molecule has 3 aromatic carbocycles. The fraction of sp³-hybridized carbons (Fsp3) is 0.217. The van der Waals surface area contributed by atoms with Gasteiger partial charge in [0.05, 0.1) is 22.9 Å². The molecule has 5 nitrogen and oxygen atoms in total. The Kier molecular flexibility index (Phi) is 6.73. The maximum atomic E-state index is 12.8. The Morgan fingerprint density at radius 1 is 1.03 bits per heavy atom. The lowest BCUT2D eigenvalue weighted by atomic mass is 10.1. The number of anilines is 1. The van der Waals surface area contributed by atoms with Gasteiger partial charge in [-0.1, -0.05) is 54.9 Å². The number of carbonyl (C=O) groups is 2. The van der Waals surface area contributed by atoms with Gasteiger partial charge in [0.1, 0.15) is 5.75 Å². The average molecular weight is 412 g/mol. The highest BCUT2D eigenvalue weighted by Crippen LogP contribution is 2.28. The van der Waals surface area contributed by atoms with E-state index in [1.807, 2.05) is 49.4 Å². The van der Waals surface area contributed by atoms with E-state index in [-0.39, 0.29) is 17.5 Å². The second kappa shape index (κ2) is 9.43. The predicted molar refractivity (Wildman–Crippen MR) is 115 cm³/mol. The summed E-state index contributed by atoms with van der Waals surface area (Å²) >= 11 is 6.24. The molecule has 0 bridgehead atoms. The Bertz CT molecular complexity index is 1030. The van der Waals surface area contributed by atoms with E-state index in [1.165, 1.54) is 6.07 Å². The molecule has 6 heteroatoms. The van der Waals surface area contributed by atoms with E-state index in [0.717, 1.165) is 10.8 Å². The van der Waals surface area contributed by atoms with Gasteiger partial charge in [-0.25, -0.2) is 4.79 Å². The van der Waals surface area contributed by atoms with E-state index in [9.17, 15) is 9.59 Å². The molecular weight excluding hydrogens is 390 g/mol. The minimum Gasteiger partial charge on any atom is -0.480 e. The normalized spacial score (nSPS) is 11.7. The molecule has 1 N–H and O–H groups in total. The number of hydrogen-bond donors (Lipinski definition) is 1. The molecule has 0 aliphatic rings. The van der Waals surface area contributed by atoms with Crippen LogP contribution in [0.25, 0.3) is 10.8 Å². The van der Waals surface area contributed by atoms with Crippen LogP contribution in [0.2, 0.25) is 5.02 Å². The summed E-state index contributed by atoms with van der Waals surface area (Å²) in [7, 11) is 0. The Hall–Kier alpha value is -3.05. The molecule has 1 amide bonds. The molecule has 0 saturated heterocycles. The largest absolute Gasteiger partial charge is 0.480 e. The molecule has 0 saturated carbocycles. The summed E-state index contributed by atoms with van der Waals surface area (Å²) in [6, 6.07) is 18.2. The maximum Gasteiger partial charge on any atom is 0.338 e. The van der Waals surface area contributed by atoms with Crippen LogP contribution in [0.15, 0.2) is 60.7 Å². The number of amides is 1. The Morgan fingerprint density at radius 3 is 2.52 bits per heavy atom. The highest BCUT2D eigenvalue weighted by atomic mass is 35.5. The van der Waals surface area contributed by atoms with Gasteiger partial charge in [-0.15, -0.1) is 0 Å². The van der Waals surface area contributed by atoms with Crippen molar-refractivity contribution < 1.29 is 19.1 Å². The van der Waals surface area contributed by atoms with Crippen molar-refractivity contribution >= 4 is 39.9 Å². The van der Waals surface area contributed by atoms with Crippen LogP contribution in [0.5, 0.6) is 5.75 Å². The predicted octanol–water partition coefficient (Wildman–Crippen LogP) is 5.47. The van der Waals surface area contributed by atoms with Gasteiger partial charge in [0, 0.05) is 5.39 Å². The number of nitrogens with one attached hydrogen (secondary N) is 1. The van der Waals surface area contributed by atoms with E-state index < -0.39 is 12.1 Å². The van der Waals surface area contributed by atoms with Crippen LogP contribution in [-0.2, 0) is 9.53 Å².